The third kappa shape index (κ3) is 15.1. The van der Waals surface area contributed by atoms with E-state index in [1.165, 1.54) is 0 Å². The average Bonchev–Trinajstić information content (AvgIpc) is 0.671. The molecule has 0 aromatic heterocycles. The fourth-order valence-corrected chi connectivity index (χ4v) is 22.4. The summed E-state index contributed by atoms with van der Waals surface area (Å²) in [5.74, 6) is 3.02. The molecule has 4 aliphatic heterocycles. The zero-order valence-electron chi connectivity index (χ0n) is 78.9. The lowest BCUT2D eigenvalue weighted by molar-refractivity contribution is 0.468. The Kier molecular flexibility index (Phi) is 21.1. The van der Waals surface area contributed by atoms with Crippen LogP contribution in [0.3, 0.4) is 0 Å². The average molecular weight is 1810 g/mol. The summed E-state index contributed by atoms with van der Waals surface area (Å²) in [6.45, 7) is 6.15. The van der Waals surface area contributed by atoms with E-state index in [0.717, 1.165) is 257 Å². The van der Waals surface area contributed by atoms with Gasteiger partial charge in [0, 0.05) is 62.1 Å². The number of fused-ring (bicyclic) bond motifs is 9. The van der Waals surface area contributed by atoms with E-state index in [9.17, 15) is 0 Å². The Morgan fingerprint density at radius 3 is 0.859 bits per heavy atom. The molecule has 0 N–H and O–H groups in total. The van der Waals surface area contributed by atoms with Crippen LogP contribution in [0.2, 0.25) is 0 Å². The summed E-state index contributed by atoms with van der Waals surface area (Å²) < 4.78 is 17.0. The van der Waals surface area contributed by atoms with Crippen LogP contribution >= 0.6 is 0 Å². The number of anilines is 6. The first-order valence-corrected chi connectivity index (χ1v) is 49.3. The molecule has 22 aromatic carbocycles. The van der Waals surface area contributed by atoms with Gasteiger partial charge in [0.1, 0.15) is 23.0 Å². The molecule has 0 aliphatic carbocycles. The molecule has 0 spiro atoms. The molecule has 4 heterocycles. The molecule has 22 aromatic rings. The number of hydrogen-bond acceptors (Lipinski definition) is 4. The zero-order valence-corrected chi connectivity index (χ0v) is 78.9. The van der Waals surface area contributed by atoms with Gasteiger partial charge in [-0.3, -0.25) is 0 Å². The van der Waals surface area contributed by atoms with E-state index in [1.54, 1.807) is 0 Å². The quantitative estimate of drug-likeness (QED) is 0.0849. The zero-order chi connectivity index (χ0) is 94.5. The Bertz CT molecular complexity index is 8510. The van der Waals surface area contributed by atoms with Gasteiger partial charge in [0.15, 0.2) is 0 Å². The van der Waals surface area contributed by atoms with Gasteiger partial charge in [-0.05, 0) is 256 Å². The van der Waals surface area contributed by atoms with Crippen LogP contribution in [0.15, 0.2) is 516 Å². The maximum absolute atomic E-state index is 8.51. The minimum atomic E-state index is -0.552. The van der Waals surface area contributed by atoms with E-state index >= 15 is 0 Å². The Morgan fingerprint density at radius 1 is 0.169 bits per heavy atom. The van der Waals surface area contributed by atoms with Gasteiger partial charge in [-0.2, -0.15) is 0 Å². The molecule has 0 fully saturated rings. The van der Waals surface area contributed by atoms with Crippen LogP contribution in [-0.4, -0.2) is 13.4 Å². The molecule has 0 saturated heterocycles. The molecule has 0 bridgehead atoms. The van der Waals surface area contributed by atoms with E-state index in [1.807, 2.05) is 0 Å². The number of ether oxygens (including phenoxy) is 2. The van der Waals surface area contributed by atoms with Crippen molar-refractivity contribution in [2.45, 2.75) is 26.2 Å². The maximum Gasteiger partial charge on any atom is 0.260 e. The number of benzene rings is 22. The van der Waals surface area contributed by atoms with Crippen molar-refractivity contribution >= 4 is 80.3 Å². The number of hydrogen-bond donors (Lipinski definition) is 0. The van der Waals surface area contributed by atoms with Crippen LogP contribution in [0.25, 0.3) is 167 Å². The van der Waals surface area contributed by atoms with Gasteiger partial charge in [-0.25, -0.2) is 0 Å². The predicted molar refractivity (Wildman–Crippen MR) is 598 cm³/mol. The highest BCUT2D eigenvalue weighted by Crippen LogP contribution is 2.58. The minimum absolute atomic E-state index is 0.474. The van der Waals surface area contributed by atoms with E-state index in [2.05, 4.69) is 546 Å². The summed E-state index contributed by atoms with van der Waals surface area (Å²) in [6.07, 6.45) is 0. The summed E-state index contributed by atoms with van der Waals surface area (Å²) in [4.78, 5) is 5.41. The summed E-state index contributed by atoms with van der Waals surface area (Å²) in [7, 11) is 0. The third-order valence-electron chi connectivity index (χ3n) is 29.3. The van der Waals surface area contributed by atoms with Gasteiger partial charge in [-0.1, -0.05) is 451 Å². The lowest BCUT2D eigenvalue weighted by atomic mass is 9.30. The van der Waals surface area contributed by atoms with Gasteiger partial charge < -0.3 is 19.3 Å². The summed E-state index contributed by atoms with van der Waals surface area (Å²) >= 11 is 0. The molecule has 142 heavy (non-hydrogen) atoms. The van der Waals surface area contributed by atoms with Gasteiger partial charge in [0.25, 0.3) is 13.4 Å². The molecule has 4 aliphatic rings. The van der Waals surface area contributed by atoms with Crippen molar-refractivity contribution in [2.75, 3.05) is 9.80 Å². The Morgan fingerprint density at radius 2 is 0.451 bits per heavy atom. The van der Waals surface area contributed by atoms with Gasteiger partial charge in [-0.15, -0.1) is 0 Å². The van der Waals surface area contributed by atoms with Crippen molar-refractivity contribution in [1.82, 2.24) is 0 Å². The first kappa shape index (κ1) is 84.7. The smallest absolute Gasteiger partial charge is 0.260 e. The number of nitrogens with zero attached hydrogens (tertiary/aromatic N) is 2. The molecule has 0 saturated carbocycles. The van der Waals surface area contributed by atoms with Crippen molar-refractivity contribution in [1.29, 1.82) is 0 Å². The van der Waals surface area contributed by atoms with Crippen LogP contribution in [0.1, 0.15) is 26.3 Å². The standard InChI is InChI=1S/C136H94B2N2O2/c1-136(2,3)114-86-124-129-125(87-114)140(132-115(97-54-29-12-30-55-97)66-36-67-116(132)106-62-32-57-99(75-106)90-40-15-5-16-41-90)126-88-128-131-135(141-127-73-71-104(94-48-23-9-24-49-94)83-121(127)137(131)122-84-113(103-61-31-56-98(74-103)89-38-13-4-14-39-89)82-119(134(122)142-128)109-65-35-60-102(78-109)93-46-21-8-22-47-93)130(126)138(129)120-72-70-105(112-80-110(95-50-25-10-26-51-95)79-111(81-112)96-52-27-11-28-53-96)85-123(120)139(124)133-117(107-63-33-58-100(76-107)91-42-17-6-18-43-91)68-37-69-118(133)108-64-34-59-101(77-108)92-44-19-7-20-45-92/h4-88H,1-3H3. The van der Waals surface area contributed by atoms with Crippen LogP contribution in [-0.2, 0) is 5.41 Å². The molecule has 26 rings (SSSR count). The highest BCUT2D eigenvalue weighted by molar-refractivity contribution is 7.03. The maximum atomic E-state index is 8.51. The lowest BCUT2D eigenvalue weighted by Crippen LogP contribution is -2.65. The second-order valence-electron chi connectivity index (χ2n) is 38.8. The summed E-state index contributed by atoms with van der Waals surface area (Å²) in [6, 6.07) is 192. The van der Waals surface area contributed by atoms with Crippen LogP contribution in [0.4, 0.5) is 34.1 Å². The second kappa shape index (κ2) is 35.3. The fraction of sp³-hybridized carbons (Fsp3) is 0.0294. The first-order valence-electron chi connectivity index (χ1n) is 49.3. The minimum Gasteiger partial charge on any atom is -0.459 e. The van der Waals surface area contributed by atoms with Gasteiger partial charge in [0.05, 0.1) is 11.4 Å². The monoisotopic (exact) mass is 1810 g/mol. The Hall–Kier alpha value is -17.8. The van der Waals surface area contributed by atoms with Crippen molar-refractivity contribution < 1.29 is 9.47 Å². The Labute approximate surface area is 830 Å². The molecule has 0 radical (unpaired) electrons. The predicted octanol–water partition coefficient (Wildman–Crippen LogP) is 32.8. The topological polar surface area (TPSA) is 24.9 Å². The number of para-hydroxylation sites is 2. The van der Waals surface area contributed by atoms with E-state index in [4.69, 9.17) is 9.47 Å². The SMILES string of the molecule is CC(C)(C)c1cc2c3c(c1)N(c1c(-c4ccccc4)cccc1-c1cccc(-c4ccccc4)c1)c1cc4c5c(c1B3c1ccc(-c3cc(-c6ccccc6)cc(-c6ccccc6)c3)cc1N2c1c(-c2cccc(-c3ccccc3)c2)cccc1-c1cccc(-c2ccccc2)c1)Oc1ccc(-c2ccccc2)cc1B5c1cc(-c2cccc(-c3ccccc3)c2)cc(-c2cccc(-c3ccccc3)c2)c1O4. The lowest BCUT2D eigenvalue weighted by Gasteiger charge is -2.48. The highest BCUT2D eigenvalue weighted by Gasteiger charge is 2.52. The summed E-state index contributed by atoms with van der Waals surface area (Å²) in [5.41, 5.74) is 45.9. The van der Waals surface area contributed by atoms with Crippen molar-refractivity contribution in [3.8, 4) is 190 Å². The molecule has 0 atom stereocenters. The van der Waals surface area contributed by atoms with Crippen LogP contribution < -0.4 is 52.1 Å². The first-order chi connectivity index (χ1) is 70.0. The second-order valence-corrected chi connectivity index (χ2v) is 38.8. The largest absolute Gasteiger partial charge is 0.459 e. The molecule has 666 valence electrons. The fourth-order valence-electron chi connectivity index (χ4n) is 22.4. The van der Waals surface area contributed by atoms with Gasteiger partial charge >= 0.3 is 0 Å². The number of rotatable bonds is 17. The molecule has 0 unspecified atom stereocenters. The van der Waals surface area contributed by atoms with Crippen LogP contribution in [0.5, 0.6) is 23.0 Å². The Balaban J connectivity index is 0.824. The normalized spacial score (nSPS) is 12.4. The molecule has 4 nitrogen and oxygen atoms in total. The van der Waals surface area contributed by atoms with Crippen LogP contribution in [0, 0.1) is 0 Å². The van der Waals surface area contributed by atoms with Crippen molar-refractivity contribution in [2.24, 2.45) is 0 Å². The van der Waals surface area contributed by atoms with E-state index in [0.29, 0.717) is 5.75 Å². The highest BCUT2D eigenvalue weighted by atomic mass is 16.5. The molecule has 6 heteroatoms. The van der Waals surface area contributed by atoms with E-state index < -0.39 is 18.8 Å². The molecular weight excluding hydrogens is 1720 g/mol. The third-order valence-corrected chi connectivity index (χ3v) is 29.3. The van der Waals surface area contributed by atoms with Crippen molar-refractivity contribution in [3.63, 3.8) is 0 Å². The molecular formula is C136H94B2N2O2. The van der Waals surface area contributed by atoms with E-state index in [-0.39, 0.29) is 0 Å². The molecule has 0 amide bonds. The van der Waals surface area contributed by atoms with Gasteiger partial charge in [0.2, 0.25) is 0 Å². The van der Waals surface area contributed by atoms with Crippen molar-refractivity contribution in [3.05, 3.63) is 521 Å². The summed E-state index contributed by atoms with van der Waals surface area (Å²) in [5, 5.41) is 0.